The van der Waals surface area contributed by atoms with E-state index in [-0.39, 0.29) is 35.1 Å². The van der Waals surface area contributed by atoms with Gasteiger partial charge in [-0.1, -0.05) is 17.7 Å². The lowest BCUT2D eigenvalue weighted by Crippen LogP contribution is -2.17. The summed E-state index contributed by atoms with van der Waals surface area (Å²) in [4.78, 5) is 28.0. The molecule has 12 heteroatoms. The maximum absolute atomic E-state index is 13.5. The van der Waals surface area contributed by atoms with Gasteiger partial charge in [-0.05, 0) is 48.0 Å². The molecule has 36 heavy (non-hydrogen) atoms. The number of amides is 1. The Morgan fingerprint density at radius 3 is 2.67 bits per heavy atom. The summed E-state index contributed by atoms with van der Waals surface area (Å²) in [5, 5.41) is 7.10. The van der Waals surface area contributed by atoms with Crippen LogP contribution in [0.25, 0.3) is 17.1 Å². The van der Waals surface area contributed by atoms with Crippen molar-refractivity contribution in [3.05, 3.63) is 92.6 Å². The first-order valence-electron chi connectivity index (χ1n) is 10.5. The molecule has 0 aliphatic carbocycles. The highest BCUT2D eigenvalue weighted by Crippen LogP contribution is 2.28. The van der Waals surface area contributed by atoms with E-state index in [9.17, 15) is 22.8 Å². The quantitative estimate of drug-likeness (QED) is 0.329. The number of aromatic nitrogens is 3. The number of carbonyl (C=O) groups is 1. The smallest absolute Gasteiger partial charge is 0.348 e. The fourth-order valence-electron chi connectivity index (χ4n) is 3.49. The molecule has 1 aromatic heterocycles. The van der Waals surface area contributed by atoms with Gasteiger partial charge in [0.2, 0.25) is 0 Å². The molecule has 4 N–H and O–H groups in total. The predicted octanol–water partition coefficient (Wildman–Crippen LogP) is 4.68. The van der Waals surface area contributed by atoms with E-state index >= 15 is 0 Å². The minimum atomic E-state index is -3.04. The fourth-order valence-corrected chi connectivity index (χ4v) is 3.70. The molecule has 8 nitrogen and oxygen atoms in total. The second kappa shape index (κ2) is 10.3. The Morgan fingerprint density at radius 1 is 1.19 bits per heavy atom. The number of anilines is 1. The molecular weight excluding hydrogens is 499 g/mol. The van der Waals surface area contributed by atoms with Crippen molar-refractivity contribution in [3.8, 4) is 22.8 Å². The van der Waals surface area contributed by atoms with E-state index in [0.29, 0.717) is 10.6 Å². The number of nitrogens with two attached hydrogens (primary N) is 1. The molecule has 0 spiro atoms. The van der Waals surface area contributed by atoms with Crippen molar-refractivity contribution in [3.63, 3.8) is 0 Å². The van der Waals surface area contributed by atoms with Gasteiger partial charge in [-0.3, -0.25) is 9.78 Å². The first-order valence-corrected chi connectivity index (χ1v) is 10.8. The monoisotopic (exact) mass is 517 g/mol. The van der Waals surface area contributed by atoms with Crippen LogP contribution < -0.4 is 21.5 Å². The Balaban J connectivity index is 1.65. The number of ether oxygens (including phenoxy) is 1. The van der Waals surface area contributed by atoms with E-state index in [1.165, 1.54) is 25.3 Å². The molecular formula is C24H19ClF3N5O3. The number of hydrogen-bond acceptors (Lipinski definition) is 5. The largest absolute Gasteiger partial charge is 0.496 e. The number of methoxy groups -OCH3 is 1. The van der Waals surface area contributed by atoms with Gasteiger partial charge in [0.1, 0.15) is 11.6 Å². The first-order chi connectivity index (χ1) is 17.2. The summed E-state index contributed by atoms with van der Waals surface area (Å²) in [6, 6.07) is 12.2. The molecule has 4 aromatic rings. The van der Waals surface area contributed by atoms with Gasteiger partial charge < -0.3 is 15.8 Å². The molecule has 0 radical (unpaired) electrons. The molecule has 0 saturated heterocycles. The van der Waals surface area contributed by atoms with E-state index in [1.807, 2.05) is 0 Å². The van der Waals surface area contributed by atoms with Crippen LogP contribution in [0.4, 0.5) is 18.9 Å². The molecule has 0 aliphatic heterocycles. The third kappa shape index (κ3) is 4.97. The molecule has 0 atom stereocenters. The lowest BCUT2D eigenvalue weighted by atomic mass is 10.1. The standard InChI is InChI=1S/C24H19ClF3N5O3/c1-36-20-10-14(33-24(35)31-22(32-33)16-8-12(11-29)2-6-18(16)25)4-5-15(20)23(34)30-13-3-7-19(26)17(9-13)21(27)28/h2-10,21H,11,29H2,1H3,(H,30,34)(H,31,32,35). The van der Waals surface area contributed by atoms with Gasteiger partial charge >= 0.3 is 5.69 Å². The summed E-state index contributed by atoms with van der Waals surface area (Å²) >= 11 is 6.26. The van der Waals surface area contributed by atoms with Crippen molar-refractivity contribution in [1.82, 2.24) is 14.8 Å². The predicted molar refractivity (Wildman–Crippen MR) is 128 cm³/mol. The third-order valence-electron chi connectivity index (χ3n) is 5.30. The minimum absolute atomic E-state index is 0.0208. The number of nitrogens with one attached hydrogen (secondary N) is 2. The molecule has 0 bridgehead atoms. The number of nitrogens with zero attached hydrogens (tertiary/aromatic N) is 2. The Labute approximate surface area is 207 Å². The minimum Gasteiger partial charge on any atom is -0.496 e. The van der Waals surface area contributed by atoms with Gasteiger partial charge in [0.15, 0.2) is 5.82 Å². The first kappa shape index (κ1) is 25.0. The van der Waals surface area contributed by atoms with Crippen LogP contribution >= 0.6 is 11.6 Å². The molecule has 4 rings (SSSR count). The van der Waals surface area contributed by atoms with Crippen LogP contribution in [0.2, 0.25) is 5.02 Å². The molecule has 0 unspecified atom stereocenters. The lowest BCUT2D eigenvalue weighted by molar-refractivity contribution is 0.102. The van der Waals surface area contributed by atoms with E-state index in [4.69, 9.17) is 22.1 Å². The number of carbonyl (C=O) groups excluding carboxylic acids is 1. The Morgan fingerprint density at radius 2 is 1.97 bits per heavy atom. The number of alkyl halides is 2. The zero-order chi connectivity index (χ0) is 26.0. The second-order valence-electron chi connectivity index (χ2n) is 7.58. The van der Waals surface area contributed by atoms with Crippen LogP contribution in [0.1, 0.15) is 27.9 Å². The summed E-state index contributed by atoms with van der Waals surface area (Å²) in [5.41, 5.74) is 5.87. The lowest BCUT2D eigenvalue weighted by Gasteiger charge is -2.12. The fraction of sp³-hybridized carbons (Fsp3) is 0.125. The van der Waals surface area contributed by atoms with E-state index in [2.05, 4.69) is 15.4 Å². The number of benzene rings is 3. The highest BCUT2D eigenvalue weighted by molar-refractivity contribution is 6.33. The number of H-pyrrole nitrogens is 1. The van der Waals surface area contributed by atoms with Crippen LogP contribution in [0.5, 0.6) is 5.75 Å². The van der Waals surface area contributed by atoms with Gasteiger partial charge in [-0.25, -0.2) is 18.0 Å². The number of halogens is 4. The van der Waals surface area contributed by atoms with Gasteiger partial charge in [0.05, 0.1) is 28.9 Å². The SMILES string of the molecule is COc1cc(-n2nc(-c3cc(CN)ccc3Cl)[nH]c2=O)ccc1C(=O)Nc1ccc(F)c(C(F)F)c1. The summed E-state index contributed by atoms with van der Waals surface area (Å²) in [7, 11) is 1.32. The van der Waals surface area contributed by atoms with Gasteiger partial charge in [0.25, 0.3) is 12.3 Å². The van der Waals surface area contributed by atoms with Gasteiger partial charge in [-0.15, -0.1) is 5.10 Å². The zero-order valence-electron chi connectivity index (χ0n) is 18.7. The molecule has 1 amide bonds. The average Bonchev–Trinajstić information content (AvgIpc) is 3.26. The summed E-state index contributed by atoms with van der Waals surface area (Å²) in [5.74, 6) is -1.47. The van der Waals surface area contributed by atoms with Crippen LogP contribution in [0.3, 0.4) is 0 Å². The summed E-state index contributed by atoms with van der Waals surface area (Å²) in [6.45, 7) is 0.275. The van der Waals surface area contributed by atoms with Gasteiger partial charge in [-0.2, -0.15) is 4.68 Å². The zero-order valence-corrected chi connectivity index (χ0v) is 19.4. The Kier molecular flexibility index (Phi) is 7.13. The highest BCUT2D eigenvalue weighted by Gasteiger charge is 2.19. The second-order valence-corrected chi connectivity index (χ2v) is 7.99. The number of hydrogen-bond donors (Lipinski definition) is 3. The van der Waals surface area contributed by atoms with Crippen LogP contribution in [0, 0.1) is 5.82 Å². The molecule has 0 saturated carbocycles. The van der Waals surface area contributed by atoms with E-state index < -0.39 is 29.4 Å². The molecule has 3 aromatic carbocycles. The molecule has 0 fully saturated rings. The molecule has 0 aliphatic rings. The van der Waals surface area contributed by atoms with Crippen molar-refractivity contribution in [2.24, 2.45) is 5.73 Å². The van der Waals surface area contributed by atoms with Crippen LogP contribution in [0.15, 0.2) is 59.4 Å². The van der Waals surface area contributed by atoms with Crippen molar-refractivity contribution in [2.45, 2.75) is 13.0 Å². The topological polar surface area (TPSA) is 115 Å². The van der Waals surface area contributed by atoms with Crippen LogP contribution in [-0.2, 0) is 6.54 Å². The highest BCUT2D eigenvalue weighted by atomic mass is 35.5. The van der Waals surface area contributed by atoms with Crippen LogP contribution in [-0.4, -0.2) is 27.8 Å². The molecule has 1 heterocycles. The molecule has 186 valence electrons. The maximum Gasteiger partial charge on any atom is 0.348 e. The van der Waals surface area contributed by atoms with Crippen molar-refractivity contribution < 1.29 is 22.7 Å². The van der Waals surface area contributed by atoms with Crippen molar-refractivity contribution in [1.29, 1.82) is 0 Å². The Bertz CT molecular complexity index is 1500. The van der Waals surface area contributed by atoms with E-state index in [1.54, 1.807) is 18.2 Å². The summed E-state index contributed by atoms with van der Waals surface area (Å²) < 4.78 is 45.9. The normalized spacial score (nSPS) is 11.1. The average molecular weight is 518 g/mol. The van der Waals surface area contributed by atoms with E-state index in [0.717, 1.165) is 28.4 Å². The maximum atomic E-state index is 13.5. The number of aromatic amines is 1. The summed E-state index contributed by atoms with van der Waals surface area (Å²) in [6.07, 6.45) is -3.04. The van der Waals surface area contributed by atoms with Crippen molar-refractivity contribution >= 4 is 23.2 Å². The third-order valence-corrected chi connectivity index (χ3v) is 5.63. The number of rotatable bonds is 7. The van der Waals surface area contributed by atoms with Gasteiger partial charge in [0, 0.05) is 23.9 Å². The van der Waals surface area contributed by atoms with Crippen molar-refractivity contribution in [2.75, 3.05) is 12.4 Å². The Hall–Kier alpha value is -4.09.